The second-order valence-corrected chi connectivity index (χ2v) is 5.44. The van der Waals surface area contributed by atoms with Crippen LogP contribution in [0.2, 0.25) is 0 Å². The number of hydrogen-bond acceptors (Lipinski definition) is 2. The highest BCUT2D eigenvalue weighted by atomic mass is 15.3. The summed E-state index contributed by atoms with van der Waals surface area (Å²) in [4.78, 5) is 9.33. The van der Waals surface area contributed by atoms with Gasteiger partial charge in [-0.2, -0.15) is 0 Å². The van der Waals surface area contributed by atoms with E-state index < -0.39 is 0 Å². The number of aliphatic imine (C=N–C) groups is 1. The Morgan fingerprint density at radius 3 is 2.58 bits per heavy atom. The minimum atomic E-state index is 0.660. The van der Waals surface area contributed by atoms with Gasteiger partial charge in [0, 0.05) is 19.1 Å². The first-order chi connectivity index (χ1) is 9.33. The third-order valence-corrected chi connectivity index (χ3v) is 4.14. The third-order valence-electron chi connectivity index (χ3n) is 4.14. The molecule has 0 aliphatic carbocycles. The lowest BCUT2D eigenvalue weighted by Crippen LogP contribution is -2.39. The second kappa shape index (κ2) is 5.61. The van der Waals surface area contributed by atoms with Crippen molar-refractivity contribution in [2.45, 2.75) is 25.3 Å². The highest BCUT2D eigenvalue weighted by Gasteiger charge is 2.29. The Balaban J connectivity index is 1.62. The number of nitrogens with two attached hydrogens (primary N) is 1. The summed E-state index contributed by atoms with van der Waals surface area (Å²) in [5.41, 5.74) is 7.06. The Hall–Kier alpha value is -1.55. The van der Waals surface area contributed by atoms with Crippen molar-refractivity contribution < 1.29 is 0 Å². The van der Waals surface area contributed by atoms with Crippen LogP contribution in [0.1, 0.15) is 19.3 Å². The predicted molar refractivity (Wildman–Crippen MR) is 78.5 cm³/mol. The molecule has 4 heteroatoms. The molecule has 4 nitrogen and oxygen atoms in total. The molecule has 102 valence electrons. The average molecular weight is 258 g/mol. The first kappa shape index (κ1) is 12.5. The van der Waals surface area contributed by atoms with E-state index in [9.17, 15) is 0 Å². The lowest BCUT2D eigenvalue weighted by Gasteiger charge is -2.23. The maximum Gasteiger partial charge on any atom is 0.196 e. The smallest absolute Gasteiger partial charge is 0.196 e. The van der Waals surface area contributed by atoms with Crippen molar-refractivity contribution in [1.29, 1.82) is 0 Å². The van der Waals surface area contributed by atoms with Gasteiger partial charge < -0.3 is 10.6 Å². The van der Waals surface area contributed by atoms with Crippen molar-refractivity contribution in [2.75, 3.05) is 26.2 Å². The summed E-state index contributed by atoms with van der Waals surface area (Å²) in [5.74, 6) is 0.660. The van der Waals surface area contributed by atoms with E-state index in [0.29, 0.717) is 12.0 Å². The van der Waals surface area contributed by atoms with Gasteiger partial charge in [-0.05, 0) is 44.5 Å². The molecule has 2 N–H and O–H groups in total. The molecular weight excluding hydrogens is 236 g/mol. The molecule has 1 unspecified atom stereocenters. The number of rotatable bonds is 2. The molecule has 2 heterocycles. The molecule has 0 amide bonds. The molecule has 2 fully saturated rings. The Kier molecular flexibility index (Phi) is 3.69. The van der Waals surface area contributed by atoms with Crippen LogP contribution in [0.3, 0.4) is 0 Å². The summed E-state index contributed by atoms with van der Waals surface area (Å²) in [6.07, 6.45) is 3.92. The molecule has 3 rings (SSSR count). The van der Waals surface area contributed by atoms with E-state index >= 15 is 0 Å². The number of nitrogens with zero attached hydrogens (tertiary/aromatic N) is 3. The highest BCUT2D eigenvalue weighted by Crippen LogP contribution is 2.21. The minimum absolute atomic E-state index is 0.660. The molecule has 2 aliphatic rings. The number of guanidine groups is 1. The van der Waals surface area contributed by atoms with Crippen LogP contribution in [0.5, 0.6) is 0 Å². The Labute approximate surface area is 114 Å². The van der Waals surface area contributed by atoms with Crippen LogP contribution in [0.15, 0.2) is 35.3 Å². The van der Waals surface area contributed by atoms with Crippen molar-refractivity contribution in [3.8, 4) is 0 Å². The molecule has 0 radical (unpaired) electrons. The zero-order valence-electron chi connectivity index (χ0n) is 11.3. The Bertz CT molecular complexity index is 437. The van der Waals surface area contributed by atoms with E-state index in [0.717, 1.165) is 18.8 Å². The van der Waals surface area contributed by atoms with Crippen LogP contribution in [0.25, 0.3) is 0 Å². The van der Waals surface area contributed by atoms with E-state index in [1.807, 2.05) is 30.3 Å². The first-order valence-electron chi connectivity index (χ1n) is 7.21. The number of benzene rings is 1. The van der Waals surface area contributed by atoms with E-state index in [1.165, 1.54) is 32.4 Å². The summed E-state index contributed by atoms with van der Waals surface area (Å²) in [5, 5.41) is 0. The van der Waals surface area contributed by atoms with Gasteiger partial charge in [-0.15, -0.1) is 0 Å². The average Bonchev–Trinajstić information content (AvgIpc) is 3.11. The van der Waals surface area contributed by atoms with Gasteiger partial charge in [0.2, 0.25) is 0 Å². The van der Waals surface area contributed by atoms with Crippen LogP contribution in [-0.2, 0) is 0 Å². The molecule has 19 heavy (non-hydrogen) atoms. The summed E-state index contributed by atoms with van der Waals surface area (Å²) < 4.78 is 0. The van der Waals surface area contributed by atoms with Crippen molar-refractivity contribution in [3.63, 3.8) is 0 Å². The van der Waals surface area contributed by atoms with Crippen molar-refractivity contribution in [2.24, 2.45) is 10.7 Å². The number of likely N-dealkylation sites (tertiary alicyclic amines) is 2. The standard InChI is InChI=1S/C15H22N4/c16-15(17-13-6-2-1-3-7-13)19-11-8-14(12-19)18-9-4-5-10-18/h1-3,6-7,14H,4-5,8-12H2,(H2,16,17). The predicted octanol–water partition coefficient (Wildman–Crippen LogP) is 1.80. The Morgan fingerprint density at radius 2 is 1.84 bits per heavy atom. The summed E-state index contributed by atoms with van der Waals surface area (Å²) in [7, 11) is 0. The van der Waals surface area contributed by atoms with E-state index in [2.05, 4.69) is 14.8 Å². The van der Waals surface area contributed by atoms with Gasteiger partial charge in [-0.1, -0.05) is 18.2 Å². The SMILES string of the molecule is NC(=Nc1ccccc1)N1CCC(N2CCCC2)C1. The quantitative estimate of drug-likeness (QED) is 0.650. The lowest BCUT2D eigenvalue weighted by molar-refractivity contribution is 0.250. The largest absolute Gasteiger partial charge is 0.369 e. The van der Waals surface area contributed by atoms with Crippen LogP contribution in [0.4, 0.5) is 5.69 Å². The summed E-state index contributed by atoms with van der Waals surface area (Å²) >= 11 is 0. The fourth-order valence-electron chi connectivity index (χ4n) is 3.06. The topological polar surface area (TPSA) is 44.9 Å². The monoisotopic (exact) mass is 258 g/mol. The molecule has 1 aromatic rings. The van der Waals surface area contributed by atoms with Gasteiger partial charge in [0.1, 0.15) is 0 Å². The zero-order chi connectivity index (χ0) is 13.1. The maximum atomic E-state index is 6.13. The van der Waals surface area contributed by atoms with Crippen molar-refractivity contribution in [1.82, 2.24) is 9.80 Å². The first-order valence-corrected chi connectivity index (χ1v) is 7.21. The van der Waals surface area contributed by atoms with Crippen LogP contribution >= 0.6 is 0 Å². The van der Waals surface area contributed by atoms with Gasteiger partial charge in [0.25, 0.3) is 0 Å². The van der Waals surface area contributed by atoms with Crippen molar-refractivity contribution >= 4 is 11.6 Å². The summed E-state index contributed by atoms with van der Waals surface area (Å²) in [6, 6.07) is 10.6. The van der Waals surface area contributed by atoms with Crippen molar-refractivity contribution in [3.05, 3.63) is 30.3 Å². The highest BCUT2D eigenvalue weighted by molar-refractivity contribution is 5.81. The molecule has 0 saturated carbocycles. The molecule has 0 bridgehead atoms. The zero-order valence-corrected chi connectivity index (χ0v) is 11.3. The van der Waals surface area contributed by atoms with E-state index in [4.69, 9.17) is 5.73 Å². The molecule has 0 spiro atoms. The maximum absolute atomic E-state index is 6.13. The molecular formula is C15H22N4. The third kappa shape index (κ3) is 2.89. The van der Waals surface area contributed by atoms with Crippen LogP contribution < -0.4 is 5.73 Å². The van der Waals surface area contributed by atoms with Gasteiger partial charge >= 0.3 is 0 Å². The number of hydrogen-bond donors (Lipinski definition) is 1. The van der Waals surface area contributed by atoms with Crippen LogP contribution in [-0.4, -0.2) is 48.0 Å². The van der Waals surface area contributed by atoms with Gasteiger partial charge in [-0.3, -0.25) is 4.90 Å². The molecule has 0 aromatic heterocycles. The number of para-hydroxylation sites is 1. The molecule has 2 aliphatic heterocycles. The van der Waals surface area contributed by atoms with Crippen LogP contribution in [0, 0.1) is 0 Å². The fourth-order valence-corrected chi connectivity index (χ4v) is 3.06. The van der Waals surface area contributed by atoms with Gasteiger partial charge in [0.15, 0.2) is 5.96 Å². The lowest BCUT2D eigenvalue weighted by atomic mass is 10.2. The second-order valence-electron chi connectivity index (χ2n) is 5.44. The molecule has 1 atom stereocenters. The summed E-state index contributed by atoms with van der Waals surface area (Å²) in [6.45, 7) is 4.58. The normalized spacial score (nSPS) is 25.2. The minimum Gasteiger partial charge on any atom is -0.369 e. The molecule has 2 saturated heterocycles. The van der Waals surface area contributed by atoms with E-state index in [1.54, 1.807) is 0 Å². The van der Waals surface area contributed by atoms with E-state index in [-0.39, 0.29) is 0 Å². The van der Waals surface area contributed by atoms with Gasteiger partial charge in [-0.25, -0.2) is 4.99 Å². The molecule has 1 aromatic carbocycles. The Morgan fingerprint density at radius 1 is 1.11 bits per heavy atom. The van der Waals surface area contributed by atoms with Gasteiger partial charge in [0.05, 0.1) is 5.69 Å². The fraction of sp³-hybridized carbons (Fsp3) is 0.533.